The number of morpholine rings is 1. The Labute approximate surface area is 155 Å². The quantitative estimate of drug-likeness (QED) is 0.893. The molecule has 1 amide bonds. The van der Waals surface area contributed by atoms with E-state index in [1.54, 1.807) is 6.20 Å². The fourth-order valence-electron chi connectivity index (χ4n) is 3.55. The van der Waals surface area contributed by atoms with Crippen LogP contribution in [0, 0.1) is 13.8 Å². The number of aromatic nitrogens is 2. The van der Waals surface area contributed by atoms with Crippen LogP contribution in [-0.2, 0) is 4.74 Å². The third kappa shape index (κ3) is 3.81. The maximum Gasteiger partial charge on any atom is 0.253 e. The van der Waals surface area contributed by atoms with Gasteiger partial charge in [0, 0.05) is 42.8 Å². The number of aryl methyl sites for hydroxylation is 1. The van der Waals surface area contributed by atoms with Crippen molar-refractivity contribution in [2.24, 2.45) is 0 Å². The molecule has 0 bridgehead atoms. The van der Waals surface area contributed by atoms with Crippen LogP contribution in [0.2, 0.25) is 0 Å². The van der Waals surface area contributed by atoms with Crippen LogP contribution in [0.4, 0.5) is 0 Å². The number of pyridine rings is 1. The Kier molecular flexibility index (Phi) is 5.44. The fourth-order valence-corrected chi connectivity index (χ4v) is 3.55. The molecule has 0 saturated carbocycles. The molecular formula is C20H28N4O2. The van der Waals surface area contributed by atoms with Crippen molar-refractivity contribution in [2.75, 3.05) is 32.8 Å². The van der Waals surface area contributed by atoms with Gasteiger partial charge >= 0.3 is 0 Å². The van der Waals surface area contributed by atoms with E-state index in [4.69, 9.17) is 4.74 Å². The van der Waals surface area contributed by atoms with Crippen molar-refractivity contribution < 1.29 is 9.53 Å². The third-order valence-electron chi connectivity index (χ3n) is 5.13. The van der Waals surface area contributed by atoms with Crippen LogP contribution in [0.5, 0.6) is 0 Å². The predicted molar refractivity (Wildman–Crippen MR) is 102 cm³/mol. The number of amides is 1. The highest BCUT2D eigenvalue weighted by molar-refractivity contribution is 5.96. The van der Waals surface area contributed by atoms with Crippen molar-refractivity contribution in [3.05, 3.63) is 47.5 Å². The average molecular weight is 356 g/mol. The summed E-state index contributed by atoms with van der Waals surface area (Å²) in [5.74, 6) is -0.0328. The van der Waals surface area contributed by atoms with Crippen molar-refractivity contribution >= 4 is 5.91 Å². The van der Waals surface area contributed by atoms with Gasteiger partial charge in [-0.2, -0.15) is 0 Å². The van der Waals surface area contributed by atoms with Crippen molar-refractivity contribution in [3.8, 4) is 5.69 Å². The van der Waals surface area contributed by atoms with Crippen LogP contribution in [0.15, 0.2) is 30.6 Å². The molecule has 1 N–H and O–H groups in total. The summed E-state index contributed by atoms with van der Waals surface area (Å²) >= 11 is 0. The smallest absolute Gasteiger partial charge is 0.253 e. The van der Waals surface area contributed by atoms with Crippen LogP contribution < -0.4 is 5.32 Å². The van der Waals surface area contributed by atoms with E-state index in [2.05, 4.69) is 33.6 Å². The highest BCUT2D eigenvalue weighted by Crippen LogP contribution is 2.21. The Balaban J connectivity index is 1.72. The topological polar surface area (TPSA) is 59.4 Å². The standard InChI is InChI=1S/C20H28N4O2/c1-15-12-18(16(2)24(15)17-6-5-7-21-13-17)19(25)22-14-20(3,4)23-8-10-26-11-9-23/h5-7,12-13H,8-11,14H2,1-4H3,(H,22,25). The van der Waals surface area contributed by atoms with Gasteiger partial charge in [-0.3, -0.25) is 14.7 Å². The molecule has 0 atom stereocenters. The molecule has 0 aliphatic carbocycles. The van der Waals surface area contributed by atoms with E-state index in [0.717, 1.165) is 43.4 Å². The largest absolute Gasteiger partial charge is 0.379 e. The van der Waals surface area contributed by atoms with Gasteiger partial charge in [-0.05, 0) is 45.9 Å². The lowest BCUT2D eigenvalue weighted by atomic mass is 10.0. The molecule has 140 valence electrons. The van der Waals surface area contributed by atoms with E-state index >= 15 is 0 Å². The van der Waals surface area contributed by atoms with Gasteiger partial charge in [0.15, 0.2) is 0 Å². The second-order valence-electron chi connectivity index (χ2n) is 7.43. The zero-order valence-electron chi connectivity index (χ0n) is 16.1. The molecular weight excluding hydrogens is 328 g/mol. The Bertz CT molecular complexity index is 762. The Hall–Kier alpha value is -2.18. The van der Waals surface area contributed by atoms with Crippen LogP contribution in [0.3, 0.4) is 0 Å². The lowest BCUT2D eigenvalue weighted by Gasteiger charge is -2.40. The SMILES string of the molecule is Cc1cc(C(=O)NCC(C)(C)N2CCOCC2)c(C)n1-c1cccnc1. The Morgan fingerprint density at radius 1 is 1.31 bits per heavy atom. The zero-order valence-corrected chi connectivity index (χ0v) is 16.1. The Morgan fingerprint density at radius 3 is 2.69 bits per heavy atom. The number of hydrogen-bond acceptors (Lipinski definition) is 4. The van der Waals surface area contributed by atoms with E-state index in [9.17, 15) is 4.79 Å². The lowest BCUT2D eigenvalue weighted by molar-refractivity contribution is -0.00923. The number of hydrogen-bond donors (Lipinski definition) is 1. The number of carbonyl (C=O) groups excluding carboxylic acids is 1. The third-order valence-corrected chi connectivity index (χ3v) is 5.13. The van der Waals surface area contributed by atoms with Crippen molar-refractivity contribution in [3.63, 3.8) is 0 Å². The van der Waals surface area contributed by atoms with Gasteiger partial charge in [0.05, 0.1) is 30.7 Å². The van der Waals surface area contributed by atoms with E-state index in [1.165, 1.54) is 0 Å². The second kappa shape index (κ2) is 7.60. The minimum absolute atomic E-state index is 0.0328. The van der Waals surface area contributed by atoms with E-state index < -0.39 is 0 Å². The minimum atomic E-state index is -0.103. The summed E-state index contributed by atoms with van der Waals surface area (Å²) in [6.45, 7) is 12.2. The van der Waals surface area contributed by atoms with E-state index in [0.29, 0.717) is 12.1 Å². The predicted octanol–water partition coefficient (Wildman–Crippen LogP) is 2.33. The normalized spacial score (nSPS) is 15.8. The molecule has 1 aliphatic rings. The molecule has 3 heterocycles. The maximum atomic E-state index is 12.8. The molecule has 26 heavy (non-hydrogen) atoms. The first-order valence-corrected chi connectivity index (χ1v) is 9.10. The van der Waals surface area contributed by atoms with Gasteiger partial charge in [-0.15, -0.1) is 0 Å². The molecule has 6 nitrogen and oxygen atoms in total. The first kappa shape index (κ1) is 18.6. The highest BCUT2D eigenvalue weighted by atomic mass is 16.5. The maximum absolute atomic E-state index is 12.8. The number of carbonyl (C=O) groups is 1. The van der Waals surface area contributed by atoms with Crippen LogP contribution in [0.25, 0.3) is 5.69 Å². The summed E-state index contributed by atoms with van der Waals surface area (Å²) in [5, 5.41) is 3.12. The summed E-state index contributed by atoms with van der Waals surface area (Å²) < 4.78 is 7.49. The highest BCUT2D eigenvalue weighted by Gasteiger charge is 2.29. The molecule has 1 fully saturated rings. The molecule has 3 rings (SSSR count). The molecule has 0 radical (unpaired) electrons. The minimum Gasteiger partial charge on any atom is -0.379 e. The molecule has 0 unspecified atom stereocenters. The summed E-state index contributed by atoms with van der Waals surface area (Å²) in [4.78, 5) is 19.4. The molecule has 0 aromatic carbocycles. The average Bonchev–Trinajstić information content (AvgIpc) is 2.95. The van der Waals surface area contributed by atoms with Gasteiger partial charge in [-0.1, -0.05) is 0 Å². The summed E-state index contributed by atoms with van der Waals surface area (Å²) in [6.07, 6.45) is 3.56. The molecule has 6 heteroatoms. The lowest BCUT2D eigenvalue weighted by Crippen LogP contribution is -2.55. The van der Waals surface area contributed by atoms with Gasteiger partial charge < -0.3 is 14.6 Å². The number of nitrogens with zero attached hydrogens (tertiary/aromatic N) is 3. The molecule has 0 spiro atoms. The van der Waals surface area contributed by atoms with Crippen molar-refractivity contribution in [2.45, 2.75) is 33.2 Å². The summed E-state index contributed by atoms with van der Waals surface area (Å²) in [5.41, 5.74) is 3.53. The number of rotatable bonds is 5. The van der Waals surface area contributed by atoms with Gasteiger partial charge in [0.2, 0.25) is 0 Å². The number of ether oxygens (including phenoxy) is 1. The first-order chi connectivity index (χ1) is 12.4. The summed E-state index contributed by atoms with van der Waals surface area (Å²) in [6, 6.07) is 5.84. The molecule has 1 aliphatic heterocycles. The van der Waals surface area contributed by atoms with Crippen LogP contribution >= 0.6 is 0 Å². The molecule has 2 aromatic rings. The molecule has 2 aromatic heterocycles. The van der Waals surface area contributed by atoms with Gasteiger partial charge in [-0.25, -0.2) is 0 Å². The van der Waals surface area contributed by atoms with Gasteiger partial charge in [0.1, 0.15) is 0 Å². The van der Waals surface area contributed by atoms with E-state index in [1.807, 2.05) is 38.2 Å². The van der Waals surface area contributed by atoms with Crippen molar-refractivity contribution in [1.29, 1.82) is 0 Å². The van der Waals surface area contributed by atoms with E-state index in [-0.39, 0.29) is 11.4 Å². The Morgan fingerprint density at radius 2 is 2.04 bits per heavy atom. The van der Waals surface area contributed by atoms with Crippen LogP contribution in [-0.4, -0.2) is 58.7 Å². The zero-order chi connectivity index (χ0) is 18.7. The van der Waals surface area contributed by atoms with Crippen molar-refractivity contribution in [1.82, 2.24) is 19.8 Å². The second-order valence-corrected chi connectivity index (χ2v) is 7.43. The van der Waals surface area contributed by atoms with Crippen LogP contribution in [0.1, 0.15) is 35.6 Å². The first-order valence-electron chi connectivity index (χ1n) is 9.10. The monoisotopic (exact) mass is 356 g/mol. The van der Waals surface area contributed by atoms with Gasteiger partial charge in [0.25, 0.3) is 5.91 Å². The summed E-state index contributed by atoms with van der Waals surface area (Å²) in [7, 11) is 0. The number of nitrogens with one attached hydrogen (secondary N) is 1. The fraction of sp³-hybridized carbons (Fsp3) is 0.500. The molecule has 1 saturated heterocycles.